The van der Waals surface area contributed by atoms with Gasteiger partial charge in [-0.1, -0.05) is 6.07 Å². The Kier molecular flexibility index (Phi) is 4.84. The lowest BCUT2D eigenvalue weighted by atomic mass is 10.1. The Morgan fingerprint density at radius 1 is 1.33 bits per heavy atom. The summed E-state index contributed by atoms with van der Waals surface area (Å²) in [7, 11) is 0. The molecule has 1 aliphatic heterocycles. The highest BCUT2D eigenvalue weighted by Crippen LogP contribution is 2.50. The minimum atomic E-state index is -0.543. The zero-order valence-corrected chi connectivity index (χ0v) is 12.6. The van der Waals surface area contributed by atoms with Crippen LogP contribution in [0.15, 0.2) is 18.2 Å². The van der Waals surface area contributed by atoms with Gasteiger partial charge in [0.15, 0.2) is 0 Å². The molecule has 1 aliphatic carbocycles. The lowest BCUT2D eigenvalue weighted by Crippen LogP contribution is -2.52. The molecule has 1 amide bonds. The first kappa shape index (κ1) is 16.2. The molecule has 1 aromatic rings. The summed E-state index contributed by atoms with van der Waals surface area (Å²) >= 11 is 0. The SMILES string of the molecule is C[C@H]1CNCCN1C(=O)C1CC1c1c(F)cccc1F.Cl. The second-order valence-corrected chi connectivity index (χ2v) is 5.67. The molecule has 0 bridgehead atoms. The fraction of sp³-hybridized carbons (Fsp3) is 0.533. The highest BCUT2D eigenvalue weighted by atomic mass is 35.5. The van der Waals surface area contributed by atoms with E-state index in [1.54, 1.807) is 0 Å². The molecule has 1 N–H and O–H groups in total. The zero-order valence-electron chi connectivity index (χ0n) is 11.8. The van der Waals surface area contributed by atoms with Gasteiger partial charge in [-0.05, 0) is 25.5 Å². The van der Waals surface area contributed by atoms with E-state index in [1.165, 1.54) is 18.2 Å². The van der Waals surface area contributed by atoms with E-state index in [0.717, 1.165) is 13.1 Å². The van der Waals surface area contributed by atoms with E-state index in [-0.39, 0.29) is 41.8 Å². The molecule has 2 fully saturated rings. The first-order valence-electron chi connectivity index (χ1n) is 7.04. The van der Waals surface area contributed by atoms with Crippen molar-refractivity contribution in [3.05, 3.63) is 35.4 Å². The molecule has 21 heavy (non-hydrogen) atoms. The summed E-state index contributed by atoms with van der Waals surface area (Å²) in [6.07, 6.45) is 0.549. The van der Waals surface area contributed by atoms with Crippen LogP contribution in [-0.2, 0) is 4.79 Å². The Labute approximate surface area is 129 Å². The molecule has 1 saturated heterocycles. The maximum Gasteiger partial charge on any atom is 0.226 e. The van der Waals surface area contributed by atoms with Crippen LogP contribution >= 0.6 is 12.4 Å². The molecule has 1 heterocycles. The average molecular weight is 317 g/mol. The fourth-order valence-corrected chi connectivity index (χ4v) is 3.03. The van der Waals surface area contributed by atoms with Crippen LogP contribution in [0.1, 0.15) is 24.8 Å². The van der Waals surface area contributed by atoms with Gasteiger partial charge in [0.1, 0.15) is 11.6 Å². The third kappa shape index (κ3) is 3.04. The number of hydrogen-bond acceptors (Lipinski definition) is 2. The van der Waals surface area contributed by atoms with Crippen LogP contribution in [0.4, 0.5) is 8.78 Å². The molecule has 1 aromatic carbocycles. The van der Waals surface area contributed by atoms with Crippen molar-refractivity contribution in [3.63, 3.8) is 0 Å². The number of carbonyl (C=O) groups excluding carboxylic acids is 1. The number of nitrogens with one attached hydrogen (secondary N) is 1. The largest absolute Gasteiger partial charge is 0.337 e. The monoisotopic (exact) mass is 316 g/mol. The number of piperazine rings is 1. The van der Waals surface area contributed by atoms with Gasteiger partial charge in [0, 0.05) is 43.1 Å². The van der Waals surface area contributed by atoms with Crippen molar-refractivity contribution in [2.75, 3.05) is 19.6 Å². The van der Waals surface area contributed by atoms with Crippen LogP contribution in [0.2, 0.25) is 0 Å². The van der Waals surface area contributed by atoms with Gasteiger partial charge in [0.25, 0.3) is 0 Å². The zero-order chi connectivity index (χ0) is 14.3. The van der Waals surface area contributed by atoms with E-state index in [1.807, 2.05) is 11.8 Å². The number of carbonyl (C=O) groups is 1. The standard InChI is InChI=1S/C15H18F2N2O.ClH/c1-9-8-18-5-6-19(9)15(20)11-7-10(11)14-12(16)3-2-4-13(14)17;/h2-4,9-11,18H,5-8H2,1H3;1H/t9-,10?,11?;/m0./s1. The Morgan fingerprint density at radius 2 is 2.00 bits per heavy atom. The highest BCUT2D eigenvalue weighted by molar-refractivity contribution is 5.85. The van der Waals surface area contributed by atoms with Crippen LogP contribution in [0.5, 0.6) is 0 Å². The van der Waals surface area contributed by atoms with Crippen molar-refractivity contribution in [3.8, 4) is 0 Å². The van der Waals surface area contributed by atoms with Gasteiger partial charge in [-0.15, -0.1) is 12.4 Å². The topological polar surface area (TPSA) is 32.3 Å². The molecule has 3 nitrogen and oxygen atoms in total. The van der Waals surface area contributed by atoms with Crippen LogP contribution in [0, 0.1) is 17.6 Å². The molecule has 0 spiro atoms. The summed E-state index contributed by atoms with van der Waals surface area (Å²) in [6.45, 7) is 4.22. The summed E-state index contributed by atoms with van der Waals surface area (Å²) in [5.74, 6) is -1.61. The molecule has 3 atom stereocenters. The van der Waals surface area contributed by atoms with Gasteiger partial charge >= 0.3 is 0 Å². The maximum atomic E-state index is 13.7. The second kappa shape index (κ2) is 6.28. The van der Waals surface area contributed by atoms with Crippen LogP contribution in [0.3, 0.4) is 0 Å². The van der Waals surface area contributed by atoms with E-state index in [9.17, 15) is 13.6 Å². The number of amides is 1. The van der Waals surface area contributed by atoms with E-state index in [4.69, 9.17) is 0 Å². The van der Waals surface area contributed by atoms with Crippen molar-refractivity contribution < 1.29 is 13.6 Å². The number of halogens is 3. The van der Waals surface area contributed by atoms with Crippen molar-refractivity contribution >= 4 is 18.3 Å². The summed E-state index contributed by atoms with van der Waals surface area (Å²) in [5, 5.41) is 3.23. The van der Waals surface area contributed by atoms with Gasteiger partial charge in [-0.3, -0.25) is 4.79 Å². The average Bonchev–Trinajstić information content (AvgIpc) is 3.18. The number of hydrogen-bond donors (Lipinski definition) is 1. The van der Waals surface area contributed by atoms with Gasteiger partial charge in [-0.2, -0.15) is 0 Å². The molecule has 0 radical (unpaired) electrons. The molecular weight excluding hydrogens is 298 g/mol. The Bertz CT molecular complexity index is 520. The van der Waals surface area contributed by atoms with E-state index >= 15 is 0 Å². The number of benzene rings is 1. The predicted octanol–water partition coefficient (Wildman–Crippen LogP) is 2.31. The first-order valence-corrected chi connectivity index (χ1v) is 7.04. The lowest BCUT2D eigenvalue weighted by Gasteiger charge is -2.34. The summed E-state index contributed by atoms with van der Waals surface area (Å²) in [6, 6.07) is 4.01. The highest BCUT2D eigenvalue weighted by Gasteiger charge is 2.48. The quantitative estimate of drug-likeness (QED) is 0.908. The third-order valence-electron chi connectivity index (χ3n) is 4.26. The first-order chi connectivity index (χ1) is 9.59. The number of nitrogens with zero attached hydrogens (tertiary/aromatic N) is 1. The number of rotatable bonds is 2. The molecule has 2 aliphatic rings. The van der Waals surface area contributed by atoms with Crippen LogP contribution < -0.4 is 5.32 Å². The van der Waals surface area contributed by atoms with Crippen molar-refractivity contribution in [2.45, 2.75) is 25.3 Å². The molecule has 6 heteroatoms. The van der Waals surface area contributed by atoms with Gasteiger partial charge in [0.05, 0.1) is 0 Å². The van der Waals surface area contributed by atoms with Crippen molar-refractivity contribution in [1.82, 2.24) is 10.2 Å². The normalized spacial score (nSPS) is 28.0. The summed E-state index contributed by atoms with van der Waals surface area (Å²) < 4.78 is 27.4. The van der Waals surface area contributed by atoms with Gasteiger partial charge in [0.2, 0.25) is 5.91 Å². The minimum absolute atomic E-state index is 0. The van der Waals surface area contributed by atoms with Gasteiger partial charge in [-0.25, -0.2) is 8.78 Å². The third-order valence-corrected chi connectivity index (χ3v) is 4.26. The molecule has 3 rings (SSSR count). The van der Waals surface area contributed by atoms with Crippen LogP contribution in [-0.4, -0.2) is 36.5 Å². The molecule has 2 unspecified atom stereocenters. The van der Waals surface area contributed by atoms with E-state index < -0.39 is 11.6 Å². The molecule has 1 saturated carbocycles. The fourth-order valence-electron chi connectivity index (χ4n) is 3.03. The van der Waals surface area contributed by atoms with Crippen molar-refractivity contribution in [2.24, 2.45) is 5.92 Å². The lowest BCUT2D eigenvalue weighted by molar-refractivity contribution is -0.135. The van der Waals surface area contributed by atoms with E-state index in [0.29, 0.717) is 13.0 Å². The van der Waals surface area contributed by atoms with Gasteiger partial charge < -0.3 is 10.2 Å². The Balaban J connectivity index is 0.00000161. The summed E-state index contributed by atoms with van der Waals surface area (Å²) in [5.41, 5.74) is 0.0774. The second-order valence-electron chi connectivity index (χ2n) is 5.67. The Hall–Kier alpha value is -1.20. The molecule has 116 valence electrons. The van der Waals surface area contributed by atoms with E-state index in [2.05, 4.69) is 5.32 Å². The molecule has 0 aromatic heterocycles. The van der Waals surface area contributed by atoms with Crippen LogP contribution in [0.25, 0.3) is 0 Å². The minimum Gasteiger partial charge on any atom is -0.337 e. The predicted molar refractivity (Wildman–Crippen MR) is 78.5 cm³/mol. The smallest absolute Gasteiger partial charge is 0.226 e. The van der Waals surface area contributed by atoms with Crippen molar-refractivity contribution in [1.29, 1.82) is 0 Å². The summed E-state index contributed by atoms with van der Waals surface area (Å²) in [4.78, 5) is 14.3. The molecular formula is C15H19ClF2N2O. The Morgan fingerprint density at radius 3 is 2.62 bits per heavy atom. The maximum absolute atomic E-state index is 13.7.